The molecule has 0 aromatic rings. The van der Waals surface area contributed by atoms with Crippen molar-refractivity contribution in [2.45, 2.75) is 46.5 Å². The van der Waals surface area contributed by atoms with Crippen LogP contribution in [0.5, 0.6) is 0 Å². The molecular formula is C11H25N. The maximum atomic E-state index is 2.47. The van der Waals surface area contributed by atoms with Gasteiger partial charge in [0.25, 0.3) is 0 Å². The molecule has 0 aliphatic carbocycles. The first kappa shape index (κ1) is 12.0. The van der Waals surface area contributed by atoms with E-state index in [2.05, 4.69) is 32.7 Å². The lowest BCUT2D eigenvalue weighted by Crippen LogP contribution is -2.26. The third kappa shape index (κ3) is 5.59. The van der Waals surface area contributed by atoms with E-state index < -0.39 is 0 Å². The Morgan fingerprint density at radius 2 is 1.67 bits per heavy atom. The van der Waals surface area contributed by atoms with Crippen molar-refractivity contribution >= 4 is 0 Å². The lowest BCUT2D eigenvalue weighted by molar-refractivity contribution is 0.263. The van der Waals surface area contributed by atoms with E-state index in [0.29, 0.717) is 0 Å². The van der Waals surface area contributed by atoms with E-state index >= 15 is 0 Å². The summed E-state index contributed by atoms with van der Waals surface area (Å²) in [4.78, 5) is 2.47. The Morgan fingerprint density at radius 1 is 1.08 bits per heavy atom. The standard InChI is InChI=1S/C11H25N/c1-5-8-9-12(4)10-11(6-2)7-3/h11H,5-10H2,1-4H3. The molecule has 0 saturated carbocycles. The summed E-state index contributed by atoms with van der Waals surface area (Å²) in [5.41, 5.74) is 0. The molecule has 1 nitrogen and oxygen atoms in total. The van der Waals surface area contributed by atoms with Crippen LogP contribution in [0.25, 0.3) is 0 Å². The Balaban J connectivity index is 3.44. The predicted octanol–water partition coefficient (Wildman–Crippen LogP) is 3.15. The van der Waals surface area contributed by atoms with Gasteiger partial charge in [-0.1, -0.05) is 40.0 Å². The summed E-state index contributed by atoms with van der Waals surface area (Å²) in [6, 6.07) is 0. The van der Waals surface area contributed by atoms with Crippen LogP contribution in [0, 0.1) is 5.92 Å². The molecule has 74 valence electrons. The second-order valence-electron chi connectivity index (χ2n) is 3.80. The fraction of sp³-hybridized carbons (Fsp3) is 1.00. The van der Waals surface area contributed by atoms with Crippen LogP contribution in [0.3, 0.4) is 0 Å². The van der Waals surface area contributed by atoms with Gasteiger partial charge in [-0.05, 0) is 25.9 Å². The molecule has 0 fully saturated rings. The first-order valence-electron chi connectivity index (χ1n) is 5.43. The fourth-order valence-corrected chi connectivity index (χ4v) is 1.51. The summed E-state index contributed by atoms with van der Waals surface area (Å²) < 4.78 is 0. The van der Waals surface area contributed by atoms with Crippen LogP contribution in [0.15, 0.2) is 0 Å². The van der Waals surface area contributed by atoms with E-state index in [4.69, 9.17) is 0 Å². The Labute approximate surface area is 78.1 Å². The summed E-state index contributed by atoms with van der Waals surface area (Å²) in [7, 11) is 2.24. The van der Waals surface area contributed by atoms with Crippen molar-refractivity contribution in [3.63, 3.8) is 0 Å². The van der Waals surface area contributed by atoms with Crippen molar-refractivity contribution in [3.05, 3.63) is 0 Å². The molecule has 0 radical (unpaired) electrons. The minimum absolute atomic E-state index is 0.909. The van der Waals surface area contributed by atoms with Gasteiger partial charge in [0, 0.05) is 6.54 Å². The van der Waals surface area contributed by atoms with Gasteiger partial charge in [-0.2, -0.15) is 0 Å². The maximum absolute atomic E-state index is 2.47. The zero-order valence-electron chi connectivity index (χ0n) is 9.27. The highest BCUT2D eigenvalue weighted by molar-refractivity contribution is 4.60. The summed E-state index contributed by atoms with van der Waals surface area (Å²) in [6.07, 6.45) is 5.31. The lowest BCUT2D eigenvalue weighted by Gasteiger charge is -2.21. The van der Waals surface area contributed by atoms with E-state index in [-0.39, 0.29) is 0 Å². The van der Waals surface area contributed by atoms with E-state index in [1.807, 2.05) is 0 Å². The zero-order valence-corrected chi connectivity index (χ0v) is 9.27. The largest absolute Gasteiger partial charge is 0.306 e. The monoisotopic (exact) mass is 171 g/mol. The van der Waals surface area contributed by atoms with E-state index in [1.165, 1.54) is 38.8 Å². The molecule has 0 aromatic carbocycles. The molecule has 0 atom stereocenters. The number of nitrogens with zero attached hydrogens (tertiary/aromatic N) is 1. The van der Waals surface area contributed by atoms with Crippen molar-refractivity contribution in [1.82, 2.24) is 4.90 Å². The number of unbranched alkanes of at least 4 members (excludes halogenated alkanes) is 1. The van der Waals surface area contributed by atoms with Gasteiger partial charge in [0.05, 0.1) is 0 Å². The minimum Gasteiger partial charge on any atom is -0.306 e. The molecule has 0 aliphatic heterocycles. The van der Waals surface area contributed by atoms with Crippen molar-refractivity contribution in [2.75, 3.05) is 20.1 Å². The van der Waals surface area contributed by atoms with Gasteiger partial charge >= 0.3 is 0 Å². The molecule has 1 heteroatoms. The summed E-state index contributed by atoms with van der Waals surface area (Å²) in [6.45, 7) is 9.40. The van der Waals surface area contributed by atoms with Crippen molar-refractivity contribution in [3.8, 4) is 0 Å². The first-order valence-corrected chi connectivity index (χ1v) is 5.43. The molecule has 0 saturated heterocycles. The average Bonchev–Trinajstić information content (AvgIpc) is 2.10. The van der Waals surface area contributed by atoms with E-state index in [9.17, 15) is 0 Å². The molecular weight excluding hydrogens is 146 g/mol. The maximum Gasteiger partial charge on any atom is 0.000640 e. The lowest BCUT2D eigenvalue weighted by atomic mass is 10.0. The Hall–Kier alpha value is -0.0400. The van der Waals surface area contributed by atoms with Crippen LogP contribution in [-0.4, -0.2) is 25.0 Å². The van der Waals surface area contributed by atoms with Gasteiger partial charge in [-0.15, -0.1) is 0 Å². The molecule has 0 aromatic heterocycles. The summed E-state index contributed by atoms with van der Waals surface area (Å²) in [5.74, 6) is 0.909. The molecule has 0 unspecified atom stereocenters. The quantitative estimate of drug-likeness (QED) is 0.569. The summed E-state index contributed by atoms with van der Waals surface area (Å²) in [5, 5.41) is 0. The Morgan fingerprint density at radius 3 is 2.08 bits per heavy atom. The smallest absolute Gasteiger partial charge is 0.000640 e. The van der Waals surface area contributed by atoms with Gasteiger partial charge in [0.15, 0.2) is 0 Å². The molecule has 0 heterocycles. The van der Waals surface area contributed by atoms with Crippen LogP contribution in [-0.2, 0) is 0 Å². The zero-order chi connectivity index (χ0) is 9.40. The van der Waals surface area contributed by atoms with Gasteiger partial charge in [0.2, 0.25) is 0 Å². The highest BCUT2D eigenvalue weighted by Crippen LogP contribution is 2.08. The van der Waals surface area contributed by atoms with Crippen LogP contribution >= 0.6 is 0 Å². The van der Waals surface area contributed by atoms with Crippen molar-refractivity contribution < 1.29 is 0 Å². The molecule has 0 spiro atoms. The topological polar surface area (TPSA) is 3.24 Å². The van der Waals surface area contributed by atoms with Gasteiger partial charge in [0.1, 0.15) is 0 Å². The van der Waals surface area contributed by atoms with Crippen molar-refractivity contribution in [2.24, 2.45) is 5.92 Å². The van der Waals surface area contributed by atoms with E-state index in [0.717, 1.165) is 5.92 Å². The number of rotatable bonds is 7. The van der Waals surface area contributed by atoms with E-state index in [1.54, 1.807) is 0 Å². The normalized spacial score (nSPS) is 11.5. The predicted molar refractivity (Wildman–Crippen MR) is 56.5 cm³/mol. The first-order chi connectivity index (χ1) is 5.74. The highest BCUT2D eigenvalue weighted by Gasteiger charge is 2.06. The number of hydrogen-bond donors (Lipinski definition) is 0. The van der Waals surface area contributed by atoms with Crippen LogP contribution in [0.1, 0.15) is 46.5 Å². The molecule has 12 heavy (non-hydrogen) atoms. The van der Waals surface area contributed by atoms with Crippen molar-refractivity contribution in [1.29, 1.82) is 0 Å². The Kier molecular flexibility index (Phi) is 7.58. The fourth-order valence-electron chi connectivity index (χ4n) is 1.51. The highest BCUT2D eigenvalue weighted by atomic mass is 15.1. The minimum atomic E-state index is 0.909. The second kappa shape index (κ2) is 7.60. The third-order valence-electron chi connectivity index (χ3n) is 2.62. The molecule has 0 amide bonds. The van der Waals surface area contributed by atoms with Crippen LogP contribution in [0.4, 0.5) is 0 Å². The average molecular weight is 171 g/mol. The van der Waals surface area contributed by atoms with Gasteiger partial charge < -0.3 is 4.90 Å². The Bertz CT molecular complexity index is 87.0. The van der Waals surface area contributed by atoms with Gasteiger partial charge in [-0.25, -0.2) is 0 Å². The van der Waals surface area contributed by atoms with Crippen LogP contribution < -0.4 is 0 Å². The number of hydrogen-bond acceptors (Lipinski definition) is 1. The molecule has 0 aliphatic rings. The molecule has 0 bridgehead atoms. The SMILES string of the molecule is CCCCN(C)CC(CC)CC. The third-order valence-corrected chi connectivity index (χ3v) is 2.62. The van der Waals surface area contributed by atoms with Crippen LogP contribution in [0.2, 0.25) is 0 Å². The summed E-state index contributed by atoms with van der Waals surface area (Å²) >= 11 is 0. The molecule has 0 N–H and O–H groups in total. The van der Waals surface area contributed by atoms with Gasteiger partial charge in [-0.3, -0.25) is 0 Å². The molecule has 0 rings (SSSR count). The second-order valence-corrected chi connectivity index (χ2v) is 3.80.